The lowest BCUT2D eigenvalue weighted by molar-refractivity contribution is -0.119. The predicted octanol–water partition coefficient (Wildman–Crippen LogP) is 1.58. The Morgan fingerprint density at radius 1 is 1.40 bits per heavy atom. The molecular formula is C14H20N2O4. The van der Waals surface area contributed by atoms with Crippen LogP contribution in [-0.2, 0) is 4.79 Å². The van der Waals surface area contributed by atoms with Crippen LogP contribution in [0, 0.1) is 5.92 Å². The molecule has 1 rings (SSSR count). The fourth-order valence-electron chi connectivity index (χ4n) is 1.65. The second kappa shape index (κ2) is 7.49. The number of carbonyl (C=O) groups is 2. The lowest BCUT2D eigenvalue weighted by atomic mass is 10.1. The van der Waals surface area contributed by atoms with E-state index in [-0.39, 0.29) is 17.4 Å². The first-order valence-corrected chi connectivity index (χ1v) is 6.42. The maximum Gasteiger partial charge on any atom is 0.335 e. The molecule has 0 heterocycles. The number of carboxylic acid groups (broad SMARTS) is 1. The lowest BCUT2D eigenvalue weighted by Gasteiger charge is -2.15. The van der Waals surface area contributed by atoms with Crippen LogP contribution >= 0.6 is 0 Å². The van der Waals surface area contributed by atoms with Crippen molar-refractivity contribution in [2.24, 2.45) is 5.92 Å². The van der Waals surface area contributed by atoms with E-state index in [9.17, 15) is 9.59 Å². The molecule has 1 amide bonds. The smallest absolute Gasteiger partial charge is 0.335 e. The van der Waals surface area contributed by atoms with E-state index in [4.69, 9.17) is 9.84 Å². The fourth-order valence-corrected chi connectivity index (χ4v) is 1.65. The first kappa shape index (κ1) is 16.0. The number of rotatable bonds is 7. The maximum absolute atomic E-state index is 12.0. The molecule has 0 radical (unpaired) electrons. The van der Waals surface area contributed by atoms with E-state index in [1.54, 1.807) is 6.92 Å². The molecule has 0 aromatic heterocycles. The maximum atomic E-state index is 12.0. The Bertz CT molecular complexity index is 488. The topological polar surface area (TPSA) is 87.7 Å². The summed E-state index contributed by atoms with van der Waals surface area (Å²) in [7, 11) is 1.47. The minimum Gasteiger partial charge on any atom is -0.495 e. The first-order chi connectivity index (χ1) is 9.49. The Kier molecular flexibility index (Phi) is 5.99. The van der Waals surface area contributed by atoms with Crippen LogP contribution in [-0.4, -0.2) is 37.2 Å². The Balaban J connectivity index is 2.86. The molecule has 6 heteroatoms. The Hall–Kier alpha value is -2.08. The summed E-state index contributed by atoms with van der Waals surface area (Å²) >= 11 is 0. The minimum atomic E-state index is -1.05. The molecule has 6 nitrogen and oxygen atoms in total. The van der Waals surface area contributed by atoms with Crippen molar-refractivity contribution in [2.75, 3.05) is 25.5 Å². The summed E-state index contributed by atoms with van der Waals surface area (Å²) in [6.45, 7) is 5.11. The molecule has 0 bridgehead atoms. The molecule has 0 saturated carbocycles. The van der Waals surface area contributed by atoms with Crippen molar-refractivity contribution in [3.63, 3.8) is 0 Å². The van der Waals surface area contributed by atoms with Crippen LogP contribution < -0.4 is 15.4 Å². The molecule has 110 valence electrons. The largest absolute Gasteiger partial charge is 0.495 e. The van der Waals surface area contributed by atoms with E-state index in [0.29, 0.717) is 18.0 Å². The van der Waals surface area contributed by atoms with Gasteiger partial charge in [0.15, 0.2) is 0 Å². The zero-order chi connectivity index (χ0) is 15.1. The van der Waals surface area contributed by atoms with Crippen molar-refractivity contribution in [1.82, 2.24) is 5.32 Å². The average molecular weight is 280 g/mol. The van der Waals surface area contributed by atoms with Gasteiger partial charge < -0.3 is 20.5 Å². The van der Waals surface area contributed by atoms with Crippen LogP contribution in [0.25, 0.3) is 0 Å². The van der Waals surface area contributed by atoms with Crippen LogP contribution in [0.4, 0.5) is 5.69 Å². The van der Waals surface area contributed by atoms with Gasteiger partial charge in [0.1, 0.15) is 5.75 Å². The van der Waals surface area contributed by atoms with Crippen molar-refractivity contribution < 1.29 is 19.4 Å². The molecule has 0 aliphatic carbocycles. The number of carboxylic acids is 1. The number of amides is 1. The van der Waals surface area contributed by atoms with Gasteiger partial charge in [0.2, 0.25) is 5.91 Å². The number of carbonyl (C=O) groups excluding carboxylic acids is 1. The summed E-state index contributed by atoms with van der Waals surface area (Å²) in [6.07, 6.45) is 0. The van der Waals surface area contributed by atoms with Crippen molar-refractivity contribution in [3.05, 3.63) is 23.8 Å². The third-order valence-corrected chi connectivity index (χ3v) is 2.85. The second-order valence-electron chi connectivity index (χ2n) is 4.42. The fraction of sp³-hybridized carbons (Fsp3) is 0.429. The number of methoxy groups -OCH3 is 1. The Labute approximate surface area is 118 Å². The third kappa shape index (κ3) is 4.24. The van der Waals surface area contributed by atoms with Gasteiger partial charge in [-0.05, 0) is 24.7 Å². The minimum absolute atomic E-state index is 0.0976. The van der Waals surface area contributed by atoms with Crippen LogP contribution in [0.15, 0.2) is 18.2 Å². The highest BCUT2D eigenvalue weighted by Gasteiger charge is 2.16. The summed E-state index contributed by atoms with van der Waals surface area (Å²) in [6, 6.07) is 4.34. The van der Waals surface area contributed by atoms with E-state index in [2.05, 4.69) is 10.6 Å². The number of hydrogen-bond donors (Lipinski definition) is 3. The van der Waals surface area contributed by atoms with Gasteiger partial charge in [-0.15, -0.1) is 0 Å². The molecule has 0 saturated heterocycles. The van der Waals surface area contributed by atoms with Crippen molar-refractivity contribution in [3.8, 4) is 5.75 Å². The summed E-state index contributed by atoms with van der Waals surface area (Å²) < 4.78 is 5.12. The highest BCUT2D eigenvalue weighted by molar-refractivity contribution is 5.96. The van der Waals surface area contributed by atoms with E-state index in [1.165, 1.54) is 25.3 Å². The average Bonchev–Trinajstić information content (AvgIpc) is 2.44. The number of nitrogens with one attached hydrogen (secondary N) is 2. The number of anilines is 1. The lowest BCUT2D eigenvalue weighted by Crippen LogP contribution is -2.30. The van der Waals surface area contributed by atoms with Gasteiger partial charge >= 0.3 is 5.97 Å². The number of hydrogen-bond acceptors (Lipinski definition) is 4. The van der Waals surface area contributed by atoms with Crippen LogP contribution in [0.3, 0.4) is 0 Å². The SMILES string of the molecule is CCNCC(C)C(=O)Nc1cc(C(=O)O)ccc1OC. The summed E-state index contributed by atoms with van der Waals surface area (Å²) in [4.78, 5) is 23.0. The summed E-state index contributed by atoms with van der Waals surface area (Å²) in [5.41, 5.74) is 0.459. The van der Waals surface area contributed by atoms with Gasteiger partial charge in [-0.3, -0.25) is 4.79 Å². The third-order valence-electron chi connectivity index (χ3n) is 2.85. The number of benzene rings is 1. The molecule has 1 unspecified atom stereocenters. The van der Waals surface area contributed by atoms with E-state index in [1.807, 2.05) is 6.92 Å². The standard InChI is InChI=1S/C14H20N2O4/c1-4-15-8-9(2)13(17)16-11-7-10(14(18)19)5-6-12(11)20-3/h5-7,9,15H,4,8H2,1-3H3,(H,16,17)(H,18,19). The molecule has 20 heavy (non-hydrogen) atoms. The van der Waals surface area contributed by atoms with Gasteiger partial charge in [-0.2, -0.15) is 0 Å². The van der Waals surface area contributed by atoms with Gasteiger partial charge in [0, 0.05) is 12.5 Å². The van der Waals surface area contributed by atoms with Crippen molar-refractivity contribution >= 4 is 17.6 Å². The molecular weight excluding hydrogens is 260 g/mol. The van der Waals surface area contributed by atoms with Crippen LogP contribution in [0.1, 0.15) is 24.2 Å². The zero-order valence-electron chi connectivity index (χ0n) is 11.9. The Morgan fingerprint density at radius 2 is 2.10 bits per heavy atom. The molecule has 0 aliphatic heterocycles. The molecule has 1 aromatic carbocycles. The quantitative estimate of drug-likeness (QED) is 0.705. The summed E-state index contributed by atoms with van der Waals surface area (Å²) in [5, 5.41) is 14.8. The molecule has 0 spiro atoms. The van der Waals surface area contributed by atoms with E-state index < -0.39 is 5.97 Å². The van der Waals surface area contributed by atoms with Crippen LogP contribution in [0.2, 0.25) is 0 Å². The normalized spacial score (nSPS) is 11.8. The summed E-state index contributed by atoms with van der Waals surface area (Å²) in [5.74, 6) is -1.04. The van der Waals surface area contributed by atoms with Crippen molar-refractivity contribution in [2.45, 2.75) is 13.8 Å². The molecule has 1 atom stereocenters. The van der Waals surface area contributed by atoms with Gasteiger partial charge in [0.25, 0.3) is 0 Å². The van der Waals surface area contributed by atoms with Gasteiger partial charge in [-0.1, -0.05) is 13.8 Å². The second-order valence-corrected chi connectivity index (χ2v) is 4.42. The number of ether oxygens (including phenoxy) is 1. The molecule has 0 aliphatic rings. The highest BCUT2D eigenvalue weighted by Crippen LogP contribution is 2.26. The van der Waals surface area contributed by atoms with Gasteiger partial charge in [-0.25, -0.2) is 4.79 Å². The molecule has 0 fully saturated rings. The monoisotopic (exact) mass is 280 g/mol. The van der Waals surface area contributed by atoms with Gasteiger partial charge in [0.05, 0.1) is 18.4 Å². The van der Waals surface area contributed by atoms with E-state index >= 15 is 0 Å². The number of aromatic carboxylic acids is 1. The van der Waals surface area contributed by atoms with Crippen molar-refractivity contribution in [1.29, 1.82) is 0 Å². The van der Waals surface area contributed by atoms with Crippen LogP contribution in [0.5, 0.6) is 5.75 Å². The zero-order valence-corrected chi connectivity index (χ0v) is 11.9. The predicted molar refractivity (Wildman–Crippen MR) is 76.3 cm³/mol. The first-order valence-electron chi connectivity index (χ1n) is 6.42. The van der Waals surface area contributed by atoms with E-state index in [0.717, 1.165) is 6.54 Å². The Morgan fingerprint density at radius 3 is 2.65 bits per heavy atom. The molecule has 3 N–H and O–H groups in total. The highest BCUT2D eigenvalue weighted by atomic mass is 16.5. The molecule has 1 aromatic rings.